The Kier molecular flexibility index (Phi) is 4.38. The van der Waals surface area contributed by atoms with Crippen LogP contribution >= 0.6 is 38.9 Å². The van der Waals surface area contributed by atoms with Gasteiger partial charge >= 0.3 is 0 Å². The normalized spacial score (nSPS) is 11.6. The number of aryl methyl sites for hydroxylation is 3. The molecule has 0 aliphatic heterocycles. The van der Waals surface area contributed by atoms with Gasteiger partial charge in [0.15, 0.2) is 5.65 Å². The number of hydrogen-bond acceptors (Lipinski definition) is 3. The SMILES string of the molecule is CCc1nn(C)c2c1nc(CCCl)n2Cc1cc(Br)cs1. The van der Waals surface area contributed by atoms with E-state index in [1.165, 1.54) is 4.88 Å². The number of halogens is 2. The van der Waals surface area contributed by atoms with Crippen LogP contribution in [0.5, 0.6) is 0 Å². The minimum absolute atomic E-state index is 0.576. The van der Waals surface area contributed by atoms with Crippen molar-refractivity contribution in [1.82, 2.24) is 19.3 Å². The van der Waals surface area contributed by atoms with Crippen molar-refractivity contribution < 1.29 is 0 Å². The second-order valence-electron chi connectivity index (χ2n) is 4.88. The number of thiophene rings is 1. The van der Waals surface area contributed by atoms with E-state index in [-0.39, 0.29) is 0 Å². The second kappa shape index (κ2) is 6.10. The van der Waals surface area contributed by atoms with Gasteiger partial charge in [-0.05, 0) is 28.4 Å². The monoisotopic (exact) mass is 386 g/mol. The fourth-order valence-electron chi connectivity index (χ4n) is 2.56. The van der Waals surface area contributed by atoms with Crippen LogP contribution in [0.3, 0.4) is 0 Å². The molecule has 0 saturated heterocycles. The zero-order valence-electron chi connectivity index (χ0n) is 11.9. The molecule has 7 heteroatoms. The summed E-state index contributed by atoms with van der Waals surface area (Å²) in [5, 5.41) is 6.67. The molecule has 0 atom stereocenters. The Morgan fingerprint density at radius 1 is 1.43 bits per heavy atom. The first kappa shape index (κ1) is 15.1. The lowest BCUT2D eigenvalue weighted by Gasteiger charge is -2.07. The van der Waals surface area contributed by atoms with Crippen molar-refractivity contribution >= 4 is 50.0 Å². The van der Waals surface area contributed by atoms with Crippen molar-refractivity contribution in [2.75, 3.05) is 5.88 Å². The Morgan fingerprint density at radius 3 is 2.86 bits per heavy atom. The van der Waals surface area contributed by atoms with Gasteiger partial charge in [-0.3, -0.25) is 4.68 Å². The Labute approximate surface area is 140 Å². The molecule has 0 unspecified atom stereocenters. The van der Waals surface area contributed by atoms with Crippen molar-refractivity contribution in [3.63, 3.8) is 0 Å². The number of imidazole rings is 1. The molecule has 0 N–H and O–H groups in total. The zero-order valence-corrected chi connectivity index (χ0v) is 15.1. The maximum Gasteiger partial charge on any atom is 0.159 e. The highest BCUT2D eigenvalue weighted by molar-refractivity contribution is 9.10. The molecule has 0 radical (unpaired) electrons. The number of aromatic nitrogens is 4. The van der Waals surface area contributed by atoms with Gasteiger partial charge in [0.1, 0.15) is 11.3 Å². The van der Waals surface area contributed by atoms with Gasteiger partial charge in [-0.15, -0.1) is 22.9 Å². The lowest BCUT2D eigenvalue weighted by Crippen LogP contribution is -2.08. The van der Waals surface area contributed by atoms with Crippen LogP contribution in [0, 0.1) is 0 Å². The molecule has 4 nitrogen and oxygen atoms in total. The molecule has 0 aliphatic rings. The van der Waals surface area contributed by atoms with Crippen LogP contribution in [-0.2, 0) is 26.4 Å². The van der Waals surface area contributed by atoms with E-state index in [1.54, 1.807) is 11.3 Å². The summed E-state index contributed by atoms with van der Waals surface area (Å²) in [6.45, 7) is 2.92. The van der Waals surface area contributed by atoms with Gasteiger partial charge in [-0.25, -0.2) is 4.98 Å². The summed E-state index contributed by atoms with van der Waals surface area (Å²) >= 11 is 11.2. The topological polar surface area (TPSA) is 35.6 Å². The lowest BCUT2D eigenvalue weighted by molar-refractivity contribution is 0.692. The van der Waals surface area contributed by atoms with Crippen molar-refractivity contribution in [1.29, 1.82) is 0 Å². The van der Waals surface area contributed by atoms with Crippen LogP contribution in [0.2, 0.25) is 0 Å². The Morgan fingerprint density at radius 2 is 2.24 bits per heavy atom. The van der Waals surface area contributed by atoms with Crippen molar-refractivity contribution in [3.8, 4) is 0 Å². The summed E-state index contributed by atoms with van der Waals surface area (Å²) in [6.07, 6.45) is 1.66. The third-order valence-corrected chi connectivity index (χ3v) is 5.33. The molecule has 3 rings (SSSR count). The van der Waals surface area contributed by atoms with Crippen molar-refractivity contribution in [2.45, 2.75) is 26.3 Å². The third kappa shape index (κ3) is 2.76. The molecule has 3 heterocycles. The maximum absolute atomic E-state index is 5.94. The summed E-state index contributed by atoms with van der Waals surface area (Å²) < 4.78 is 5.29. The first-order valence-corrected chi connectivity index (χ1v) is 9.04. The van der Waals surface area contributed by atoms with Crippen LogP contribution in [-0.4, -0.2) is 25.2 Å². The fourth-order valence-corrected chi connectivity index (χ4v) is 4.17. The summed E-state index contributed by atoms with van der Waals surface area (Å²) in [5.74, 6) is 1.61. The molecule has 0 aliphatic carbocycles. The average molecular weight is 388 g/mol. The third-order valence-electron chi connectivity index (χ3n) is 3.46. The molecule has 21 heavy (non-hydrogen) atoms. The number of nitrogens with zero attached hydrogens (tertiary/aromatic N) is 4. The summed E-state index contributed by atoms with van der Waals surface area (Å²) in [7, 11) is 1.98. The van der Waals surface area contributed by atoms with Crippen LogP contribution in [0.4, 0.5) is 0 Å². The van der Waals surface area contributed by atoms with Gasteiger partial charge in [-0.2, -0.15) is 5.10 Å². The summed E-state index contributed by atoms with van der Waals surface area (Å²) in [4.78, 5) is 6.07. The Hall–Kier alpha value is -0.850. The first-order chi connectivity index (χ1) is 10.1. The van der Waals surface area contributed by atoms with Crippen molar-refractivity contribution in [2.24, 2.45) is 7.05 Å². The molecule has 3 aromatic heterocycles. The highest BCUT2D eigenvalue weighted by Gasteiger charge is 2.18. The summed E-state index contributed by atoms with van der Waals surface area (Å²) in [5.41, 5.74) is 3.14. The van der Waals surface area contributed by atoms with Gasteiger partial charge in [-0.1, -0.05) is 6.92 Å². The molecule has 3 aromatic rings. The molecular formula is C14H16BrClN4S. The molecular weight excluding hydrogens is 372 g/mol. The molecule has 0 fully saturated rings. The zero-order chi connectivity index (χ0) is 15.0. The van der Waals surface area contributed by atoms with Gasteiger partial charge in [0.2, 0.25) is 0 Å². The van der Waals surface area contributed by atoms with Gasteiger partial charge in [0.25, 0.3) is 0 Å². The average Bonchev–Trinajstić information content (AvgIpc) is 3.09. The van der Waals surface area contributed by atoms with E-state index < -0.39 is 0 Å². The standard InChI is InChI=1S/C14H16BrClN4S/c1-3-11-13-14(19(2)18-11)20(12(17-13)4-5-16)7-10-6-9(15)8-21-10/h6,8H,3-5,7H2,1-2H3. The van der Waals surface area contributed by atoms with E-state index in [0.29, 0.717) is 5.88 Å². The number of rotatable bonds is 5. The fraction of sp³-hybridized carbons (Fsp3) is 0.429. The number of alkyl halides is 1. The molecule has 0 saturated carbocycles. The second-order valence-corrected chi connectivity index (χ2v) is 7.17. The van der Waals surface area contributed by atoms with Gasteiger partial charge in [0.05, 0.1) is 12.2 Å². The van der Waals surface area contributed by atoms with Gasteiger partial charge in [0, 0.05) is 34.1 Å². The number of hydrogen-bond donors (Lipinski definition) is 0. The minimum atomic E-state index is 0.576. The highest BCUT2D eigenvalue weighted by atomic mass is 79.9. The Bertz CT molecular complexity index is 773. The quantitative estimate of drug-likeness (QED) is 0.621. The predicted molar refractivity (Wildman–Crippen MR) is 91.4 cm³/mol. The van der Waals surface area contributed by atoms with E-state index in [1.807, 2.05) is 11.7 Å². The molecule has 0 amide bonds. The lowest BCUT2D eigenvalue weighted by atomic mass is 10.3. The van der Waals surface area contributed by atoms with Gasteiger partial charge < -0.3 is 4.57 Å². The largest absolute Gasteiger partial charge is 0.308 e. The van der Waals surface area contributed by atoms with E-state index in [9.17, 15) is 0 Å². The van der Waals surface area contributed by atoms with Crippen molar-refractivity contribution in [3.05, 3.63) is 32.3 Å². The maximum atomic E-state index is 5.94. The molecule has 0 aromatic carbocycles. The molecule has 0 spiro atoms. The molecule has 0 bridgehead atoms. The van der Waals surface area contributed by atoms with Crippen LogP contribution < -0.4 is 0 Å². The highest BCUT2D eigenvalue weighted by Crippen LogP contribution is 2.25. The Balaban J connectivity index is 2.13. The van der Waals surface area contributed by atoms with Crippen LogP contribution in [0.25, 0.3) is 11.2 Å². The van der Waals surface area contributed by atoms with E-state index in [2.05, 4.69) is 44.0 Å². The number of fused-ring (bicyclic) bond motifs is 1. The molecule has 112 valence electrons. The first-order valence-electron chi connectivity index (χ1n) is 6.83. The van der Waals surface area contributed by atoms with Crippen LogP contribution in [0.1, 0.15) is 23.3 Å². The summed E-state index contributed by atoms with van der Waals surface area (Å²) in [6, 6.07) is 2.15. The van der Waals surface area contributed by atoms with E-state index in [0.717, 1.165) is 46.5 Å². The minimum Gasteiger partial charge on any atom is -0.308 e. The smallest absolute Gasteiger partial charge is 0.159 e. The van der Waals surface area contributed by atoms with Crippen LogP contribution in [0.15, 0.2) is 15.9 Å². The predicted octanol–water partition coefficient (Wildman–Crippen LogP) is 3.99. The van der Waals surface area contributed by atoms with E-state index in [4.69, 9.17) is 16.6 Å². The van der Waals surface area contributed by atoms with E-state index >= 15 is 0 Å².